The third-order valence-corrected chi connectivity index (χ3v) is 3.29. The maximum atomic E-state index is 8.86. The van der Waals surface area contributed by atoms with E-state index in [0.29, 0.717) is 6.42 Å². The number of nitrogens with zero attached hydrogens (tertiary/aromatic N) is 3. The summed E-state index contributed by atoms with van der Waals surface area (Å²) in [5.74, 6) is 0.943. The van der Waals surface area contributed by atoms with Gasteiger partial charge in [0.15, 0.2) is 0 Å². The predicted octanol–water partition coefficient (Wildman–Crippen LogP) is 3.08. The second-order valence-corrected chi connectivity index (χ2v) is 4.68. The van der Waals surface area contributed by atoms with Gasteiger partial charge in [-0.25, -0.2) is 4.98 Å². The summed E-state index contributed by atoms with van der Waals surface area (Å²) in [6.07, 6.45) is 0.403. The second-order valence-electron chi connectivity index (χ2n) is 4.68. The molecule has 3 heteroatoms. The highest BCUT2D eigenvalue weighted by Crippen LogP contribution is 2.25. The fourth-order valence-corrected chi connectivity index (χ4v) is 2.21. The maximum absolute atomic E-state index is 8.86. The average Bonchev–Trinajstić information content (AvgIpc) is 2.61. The van der Waals surface area contributed by atoms with Gasteiger partial charge in [-0.3, -0.25) is 0 Å². The number of aryl methyl sites for hydroxylation is 3. The zero-order valence-corrected chi connectivity index (χ0v) is 11.3. The molecule has 2 rings (SSSR count). The summed E-state index contributed by atoms with van der Waals surface area (Å²) in [6, 6.07) is 8.55. The van der Waals surface area contributed by atoms with E-state index in [0.717, 1.165) is 22.8 Å². The molecular weight excluding hydrogens is 222 g/mol. The molecule has 92 valence electrons. The highest BCUT2D eigenvalue weighted by atomic mass is 15.1. The standard InChI is InChI=1S/C15H17N3/c1-10-5-6-11(2)13(9-10)15-17-12(3)14(7-8-16)18(15)4/h5-6,9H,7H2,1-4H3. The highest BCUT2D eigenvalue weighted by molar-refractivity contribution is 5.62. The first-order valence-electron chi connectivity index (χ1n) is 6.01. The normalized spacial score (nSPS) is 10.4. The lowest BCUT2D eigenvalue weighted by molar-refractivity contribution is 0.858. The Morgan fingerprint density at radius 1 is 1.28 bits per heavy atom. The van der Waals surface area contributed by atoms with Crippen LogP contribution in [0.5, 0.6) is 0 Å². The van der Waals surface area contributed by atoms with Crippen molar-refractivity contribution in [2.45, 2.75) is 27.2 Å². The molecule has 18 heavy (non-hydrogen) atoms. The van der Waals surface area contributed by atoms with Crippen molar-refractivity contribution in [1.82, 2.24) is 9.55 Å². The van der Waals surface area contributed by atoms with E-state index in [1.165, 1.54) is 11.1 Å². The predicted molar refractivity (Wildman–Crippen MR) is 72.2 cm³/mol. The first-order chi connectivity index (χ1) is 8.54. The Balaban J connectivity index is 2.62. The molecule has 0 saturated heterocycles. The van der Waals surface area contributed by atoms with Crippen molar-refractivity contribution < 1.29 is 0 Å². The Labute approximate surface area is 108 Å². The van der Waals surface area contributed by atoms with Gasteiger partial charge in [0.1, 0.15) is 5.82 Å². The van der Waals surface area contributed by atoms with Crippen molar-refractivity contribution >= 4 is 0 Å². The quantitative estimate of drug-likeness (QED) is 0.808. The molecule has 0 unspecified atom stereocenters. The van der Waals surface area contributed by atoms with Crippen LogP contribution in [0.2, 0.25) is 0 Å². The van der Waals surface area contributed by atoms with Gasteiger partial charge in [-0.2, -0.15) is 5.26 Å². The van der Waals surface area contributed by atoms with Crippen LogP contribution in [0, 0.1) is 32.1 Å². The Morgan fingerprint density at radius 2 is 2.00 bits per heavy atom. The minimum absolute atomic E-state index is 0.403. The minimum atomic E-state index is 0.403. The van der Waals surface area contributed by atoms with Crippen molar-refractivity contribution in [1.29, 1.82) is 5.26 Å². The summed E-state index contributed by atoms with van der Waals surface area (Å²) in [6.45, 7) is 6.12. The molecule has 0 saturated carbocycles. The summed E-state index contributed by atoms with van der Waals surface area (Å²) in [5.41, 5.74) is 5.50. The van der Waals surface area contributed by atoms with Gasteiger partial charge >= 0.3 is 0 Å². The molecule has 3 nitrogen and oxygen atoms in total. The van der Waals surface area contributed by atoms with E-state index in [1.807, 2.05) is 18.5 Å². The Hall–Kier alpha value is -2.08. The highest BCUT2D eigenvalue weighted by Gasteiger charge is 2.14. The minimum Gasteiger partial charge on any atom is -0.330 e. The molecule has 2 aromatic rings. The summed E-state index contributed by atoms with van der Waals surface area (Å²) < 4.78 is 2.03. The summed E-state index contributed by atoms with van der Waals surface area (Å²) in [5, 5.41) is 8.86. The Kier molecular flexibility index (Phi) is 3.20. The van der Waals surface area contributed by atoms with E-state index >= 15 is 0 Å². The van der Waals surface area contributed by atoms with Crippen LogP contribution >= 0.6 is 0 Å². The van der Waals surface area contributed by atoms with Crippen LogP contribution in [-0.4, -0.2) is 9.55 Å². The second kappa shape index (κ2) is 4.66. The SMILES string of the molecule is Cc1ccc(C)c(-c2nc(C)c(CC#N)n2C)c1. The number of nitriles is 1. The number of hydrogen-bond donors (Lipinski definition) is 0. The third-order valence-electron chi connectivity index (χ3n) is 3.29. The smallest absolute Gasteiger partial charge is 0.140 e. The first kappa shape index (κ1) is 12.4. The van der Waals surface area contributed by atoms with Crippen LogP contribution in [-0.2, 0) is 13.5 Å². The molecule has 0 radical (unpaired) electrons. The third kappa shape index (κ3) is 2.02. The number of rotatable bonds is 2. The maximum Gasteiger partial charge on any atom is 0.140 e. The zero-order chi connectivity index (χ0) is 13.3. The fourth-order valence-electron chi connectivity index (χ4n) is 2.21. The molecule has 0 aliphatic heterocycles. The zero-order valence-electron chi connectivity index (χ0n) is 11.3. The molecule has 0 spiro atoms. The number of hydrogen-bond acceptors (Lipinski definition) is 2. The van der Waals surface area contributed by atoms with Crippen molar-refractivity contribution in [3.05, 3.63) is 40.7 Å². The fraction of sp³-hybridized carbons (Fsp3) is 0.333. The summed E-state index contributed by atoms with van der Waals surface area (Å²) in [4.78, 5) is 4.61. The van der Waals surface area contributed by atoms with Crippen LogP contribution in [0.3, 0.4) is 0 Å². The molecule has 0 N–H and O–H groups in total. The van der Waals surface area contributed by atoms with E-state index in [-0.39, 0.29) is 0 Å². The van der Waals surface area contributed by atoms with Crippen LogP contribution in [0.15, 0.2) is 18.2 Å². The molecule has 0 fully saturated rings. The van der Waals surface area contributed by atoms with Gasteiger partial charge in [-0.15, -0.1) is 0 Å². The van der Waals surface area contributed by atoms with Crippen LogP contribution in [0.25, 0.3) is 11.4 Å². The lowest BCUT2D eigenvalue weighted by Gasteiger charge is -2.08. The van der Waals surface area contributed by atoms with E-state index in [1.54, 1.807) is 0 Å². The van der Waals surface area contributed by atoms with Gasteiger partial charge in [-0.05, 0) is 32.4 Å². The summed E-state index contributed by atoms with van der Waals surface area (Å²) in [7, 11) is 1.98. The molecule has 1 aromatic carbocycles. The van der Waals surface area contributed by atoms with Crippen LogP contribution < -0.4 is 0 Å². The van der Waals surface area contributed by atoms with Crippen molar-refractivity contribution in [2.24, 2.45) is 7.05 Å². The van der Waals surface area contributed by atoms with E-state index in [4.69, 9.17) is 5.26 Å². The molecule has 1 heterocycles. The molecule has 0 amide bonds. The van der Waals surface area contributed by atoms with E-state index in [9.17, 15) is 0 Å². The van der Waals surface area contributed by atoms with Crippen LogP contribution in [0.4, 0.5) is 0 Å². The van der Waals surface area contributed by atoms with Gasteiger partial charge in [0, 0.05) is 12.6 Å². The molecule has 0 aliphatic rings. The Morgan fingerprint density at radius 3 is 2.67 bits per heavy atom. The molecule has 0 aliphatic carbocycles. The lowest BCUT2D eigenvalue weighted by atomic mass is 10.1. The molecular formula is C15H17N3. The largest absolute Gasteiger partial charge is 0.330 e. The Bertz CT molecular complexity index is 630. The molecule has 0 atom stereocenters. The monoisotopic (exact) mass is 239 g/mol. The van der Waals surface area contributed by atoms with Crippen molar-refractivity contribution in [3.63, 3.8) is 0 Å². The average molecular weight is 239 g/mol. The van der Waals surface area contributed by atoms with Crippen molar-refractivity contribution in [3.8, 4) is 17.5 Å². The van der Waals surface area contributed by atoms with E-state index < -0.39 is 0 Å². The van der Waals surface area contributed by atoms with Gasteiger partial charge < -0.3 is 4.57 Å². The number of aromatic nitrogens is 2. The van der Waals surface area contributed by atoms with Gasteiger partial charge in [0.25, 0.3) is 0 Å². The molecule has 0 bridgehead atoms. The summed E-state index contributed by atoms with van der Waals surface area (Å²) >= 11 is 0. The molecule has 1 aromatic heterocycles. The van der Waals surface area contributed by atoms with Gasteiger partial charge in [0.2, 0.25) is 0 Å². The van der Waals surface area contributed by atoms with Crippen molar-refractivity contribution in [2.75, 3.05) is 0 Å². The van der Waals surface area contributed by atoms with E-state index in [2.05, 4.69) is 43.1 Å². The van der Waals surface area contributed by atoms with Crippen LogP contribution in [0.1, 0.15) is 22.5 Å². The number of benzene rings is 1. The topological polar surface area (TPSA) is 41.6 Å². The van der Waals surface area contributed by atoms with Gasteiger partial charge in [-0.1, -0.05) is 17.7 Å². The first-order valence-corrected chi connectivity index (χ1v) is 6.01. The van der Waals surface area contributed by atoms with Gasteiger partial charge in [0.05, 0.1) is 23.9 Å². The number of imidazole rings is 1. The lowest BCUT2D eigenvalue weighted by Crippen LogP contribution is -1.99.